The van der Waals surface area contributed by atoms with Gasteiger partial charge in [-0.05, 0) is 62.6 Å². The van der Waals surface area contributed by atoms with E-state index in [-0.39, 0.29) is 49.3 Å². The summed E-state index contributed by atoms with van der Waals surface area (Å²) in [5.74, 6) is 1.36. The summed E-state index contributed by atoms with van der Waals surface area (Å²) in [6.07, 6.45) is 4.86. The maximum absolute atomic E-state index is 13.5. The van der Waals surface area contributed by atoms with E-state index in [2.05, 4.69) is 24.2 Å². The Morgan fingerprint density at radius 2 is 1.98 bits per heavy atom. The van der Waals surface area contributed by atoms with Crippen LogP contribution in [-0.2, 0) is 29.5 Å². The van der Waals surface area contributed by atoms with Crippen LogP contribution in [0.2, 0.25) is 0 Å². The molecule has 1 aromatic heterocycles. The number of aliphatic hydroxyl groups is 1. The van der Waals surface area contributed by atoms with Gasteiger partial charge in [-0.2, -0.15) is 0 Å². The van der Waals surface area contributed by atoms with E-state index in [4.69, 9.17) is 4.74 Å². The molecule has 0 unspecified atom stereocenters. The van der Waals surface area contributed by atoms with Crippen molar-refractivity contribution in [1.29, 1.82) is 0 Å². The molecule has 0 radical (unpaired) electrons. The third-order valence-electron chi connectivity index (χ3n) is 8.29. The Hall–Kier alpha value is -3.36. The summed E-state index contributed by atoms with van der Waals surface area (Å²) in [7, 11) is 4.12. The fourth-order valence-electron chi connectivity index (χ4n) is 5.79. The van der Waals surface area contributed by atoms with E-state index >= 15 is 0 Å². The van der Waals surface area contributed by atoms with Crippen molar-refractivity contribution in [3.05, 3.63) is 59.8 Å². The van der Waals surface area contributed by atoms with Crippen LogP contribution in [0.15, 0.2) is 48.7 Å². The number of hydrogen-bond donors (Lipinski definition) is 2. The first kappa shape index (κ1) is 28.2. The van der Waals surface area contributed by atoms with Crippen LogP contribution in [0.3, 0.4) is 0 Å². The highest BCUT2D eigenvalue weighted by atomic mass is 16.5. The van der Waals surface area contributed by atoms with Crippen molar-refractivity contribution < 1.29 is 19.4 Å². The lowest BCUT2D eigenvalue weighted by molar-refractivity contribution is -0.134. The molecule has 0 saturated heterocycles. The summed E-state index contributed by atoms with van der Waals surface area (Å²) in [4.78, 5) is 30.7. The molecule has 8 nitrogen and oxygen atoms in total. The average Bonchev–Trinajstić information content (AvgIpc) is 3.68. The van der Waals surface area contributed by atoms with Crippen LogP contribution in [0.4, 0.5) is 5.69 Å². The number of benzene rings is 2. The standard InChI is InChI=1S/C32H42N4O4/c1-21-16-36(22(2)20-37)32(39)15-24-13-26(11-12-29(24)40-30(21)19-34(3)17-23-9-10-23)33-31(38)14-25-18-35(4)28-8-6-5-7-27(25)28/h5-8,11-13,18,21-23,30,37H,9-10,14-17,19-20H2,1-4H3,(H,33,38)/t21-,22+,30+/m0/s1. The van der Waals surface area contributed by atoms with Crippen molar-refractivity contribution in [2.45, 2.75) is 51.7 Å². The predicted octanol–water partition coefficient (Wildman–Crippen LogP) is 3.85. The topological polar surface area (TPSA) is 87.0 Å². The van der Waals surface area contributed by atoms with E-state index in [0.29, 0.717) is 18.0 Å². The Morgan fingerprint density at radius 1 is 1.20 bits per heavy atom. The second-order valence-corrected chi connectivity index (χ2v) is 11.9. The number of aryl methyl sites for hydroxylation is 1. The molecule has 2 amide bonds. The van der Waals surface area contributed by atoms with Gasteiger partial charge in [0.15, 0.2) is 0 Å². The Morgan fingerprint density at radius 3 is 2.73 bits per heavy atom. The molecule has 3 aromatic rings. The van der Waals surface area contributed by atoms with Crippen LogP contribution in [0, 0.1) is 11.8 Å². The van der Waals surface area contributed by atoms with Crippen molar-refractivity contribution in [1.82, 2.24) is 14.4 Å². The fourth-order valence-corrected chi connectivity index (χ4v) is 5.79. The van der Waals surface area contributed by atoms with E-state index in [1.807, 2.05) is 67.2 Å². The van der Waals surface area contributed by atoms with Crippen LogP contribution in [0.1, 0.15) is 37.8 Å². The SMILES string of the molecule is C[C@H](CO)N1C[C@H](C)[C@@H](CN(C)CC2CC2)Oc2ccc(NC(=O)Cc3cn(C)c4ccccc34)cc2CC1=O. The molecule has 1 aliphatic carbocycles. The molecular weight excluding hydrogens is 504 g/mol. The summed E-state index contributed by atoms with van der Waals surface area (Å²) < 4.78 is 8.66. The van der Waals surface area contributed by atoms with E-state index in [1.54, 1.807) is 4.90 Å². The number of nitrogens with zero attached hydrogens (tertiary/aromatic N) is 3. The number of likely N-dealkylation sites (N-methyl/N-ethyl adjacent to an activating group) is 1. The number of carbonyl (C=O) groups excluding carboxylic acids is 2. The third kappa shape index (κ3) is 6.50. The van der Waals surface area contributed by atoms with Crippen molar-refractivity contribution >= 4 is 28.4 Å². The zero-order valence-electron chi connectivity index (χ0n) is 24.1. The zero-order valence-corrected chi connectivity index (χ0v) is 24.1. The van der Waals surface area contributed by atoms with Gasteiger partial charge in [0.2, 0.25) is 11.8 Å². The number of rotatable bonds is 9. The van der Waals surface area contributed by atoms with Crippen molar-refractivity contribution in [2.75, 3.05) is 38.6 Å². The number of anilines is 1. The highest BCUT2D eigenvalue weighted by molar-refractivity contribution is 5.96. The summed E-state index contributed by atoms with van der Waals surface area (Å²) in [6.45, 7) is 6.23. The number of aliphatic hydroxyl groups excluding tert-OH is 1. The van der Waals surface area contributed by atoms with Gasteiger partial charge in [0.25, 0.3) is 0 Å². The second kappa shape index (κ2) is 12.0. The number of nitrogens with one attached hydrogen (secondary N) is 1. The van der Waals surface area contributed by atoms with Gasteiger partial charge in [-0.25, -0.2) is 0 Å². The summed E-state index contributed by atoms with van der Waals surface area (Å²) in [5, 5.41) is 14.0. The Bertz CT molecular complexity index is 1360. The second-order valence-electron chi connectivity index (χ2n) is 11.9. The summed E-state index contributed by atoms with van der Waals surface area (Å²) in [5.41, 5.74) is 3.44. The number of aromatic nitrogens is 1. The maximum Gasteiger partial charge on any atom is 0.228 e. The number of carbonyl (C=O) groups is 2. The number of para-hydroxylation sites is 1. The number of amides is 2. The molecule has 5 rings (SSSR count). The monoisotopic (exact) mass is 546 g/mol. The normalized spacial score (nSPS) is 20.4. The quantitative estimate of drug-likeness (QED) is 0.426. The van der Waals surface area contributed by atoms with E-state index in [9.17, 15) is 14.7 Å². The molecule has 2 heterocycles. The van der Waals surface area contributed by atoms with Crippen LogP contribution >= 0.6 is 0 Å². The number of ether oxygens (including phenoxy) is 1. The third-order valence-corrected chi connectivity index (χ3v) is 8.29. The first-order chi connectivity index (χ1) is 19.2. The molecule has 1 saturated carbocycles. The number of fused-ring (bicyclic) bond motifs is 2. The predicted molar refractivity (Wildman–Crippen MR) is 157 cm³/mol. The first-order valence-electron chi connectivity index (χ1n) is 14.4. The summed E-state index contributed by atoms with van der Waals surface area (Å²) in [6, 6.07) is 13.4. The first-order valence-corrected chi connectivity index (χ1v) is 14.4. The van der Waals surface area contributed by atoms with Crippen LogP contribution in [0.25, 0.3) is 10.9 Å². The average molecular weight is 547 g/mol. The molecule has 0 bridgehead atoms. The van der Waals surface area contributed by atoms with Crippen molar-refractivity contribution in [3.63, 3.8) is 0 Å². The smallest absolute Gasteiger partial charge is 0.228 e. The molecule has 2 aliphatic rings. The molecule has 8 heteroatoms. The molecular formula is C32H42N4O4. The zero-order chi connectivity index (χ0) is 28.4. The molecule has 214 valence electrons. The molecule has 2 N–H and O–H groups in total. The van der Waals surface area contributed by atoms with Gasteiger partial charge in [0.05, 0.1) is 25.5 Å². The molecule has 1 aliphatic heterocycles. The minimum atomic E-state index is -0.287. The van der Waals surface area contributed by atoms with Crippen LogP contribution in [-0.4, -0.2) is 76.7 Å². The maximum atomic E-state index is 13.5. The van der Waals surface area contributed by atoms with Gasteiger partial charge in [0, 0.05) is 61.0 Å². The fraction of sp³-hybridized carbons (Fsp3) is 0.500. The van der Waals surface area contributed by atoms with Gasteiger partial charge in [-0.1, -0.05) is 25.1 Å². The Kier molecular flexibility index (Phi) is 8.47. The van der Waals surface area contributed by atoms with E-state index in [0.717, 1.165) is 41.0 Å². The van der Waals surface area contributed by atoms with Gasteiger partial charge in [0.1, 0.15) is 11.9 Å². The minimum absolute atomic E-state index is 0.0514. The molecule has 0 spiro atoms. The summed E-state index contributed by atoms with van der Waals surface area (Å²) >= 11 is 0. The van der Waals surface area contributed by atoms with E-state index in [1.165, 1.54) is 12.8 Å². The van der Waals surface area contributed by atoms with Crippen molar-refractivity contribution in [3.8, 4) is 5.75 Å². The lowest BCUT2D eigenvalue weighted by Crippen LogP contribution is -2.47. The lowest BCUT2D eigenvalue weighted by Gasteiger charge is -2.34. The van der Waals surface area contributed by atoms with Gasteiger partial charge in [-0.3, -0.25) is 9.59 Å². The molecule has 3 atom stereocenters. The van der Waals surface area contributed by atoms with Crippen molar-refractivity contribution in [2.24, 2.45) is 18.9 Å². The highest BCUT2D eigenvalue weighted by Crippen LogP contribution is 2.32. The lowest BCUT2D eigenvalue weighted by atomic mass is 10.0. The molecule has 1 fully saturated rings. The Labute approximate surface area is 236 Å². The van der Waals surface area contributed by atoms with Gasteiger partial charge < -0.3 is 29.5 Å². The molecule has 2 aromatic carbocycles. The molecule has 40 heavy (non-hydrogen) atoms. The van der Waals surface area contributed by atoms with Gasteiger partial charge in [-0.15, -0.1) is 0 Å². The van der Waals surface area contributed by atoms with Gasteiger partial charge >= 0.3 is 0 Å². The van der Waals surface area contributed by atoms with Crippen LogP contribution < -0.4 is 10.1 Å². The minimum Gasteiger partial charge on any atom is -0.488 e. The largest absolute Gasteiger partial charge is 0.488 e. The van der Waals surface area contributed by atoms with E-state index < -0.39 is 0 Å². The van der Waals surface area contributed by atoms with Crippen LogP contribution in [0.5, 0.6) is 5.75 Å². The highest BCUT2D eigenvalue weighted by Gasteiger charge is 2.32. The number of hydrogen-bond acceptors (Lipinski definition) is 5. The Balaban J connectivity index is 1.37.